The number of unbranched alkanes of at least 4 members (excludes halogenated alkanes) is 1. The van der Waals surface area contributed by atoms with Crippen LogP contribution in [-0.2, 0) is 4.74 Å². The van der Waals surface area contributed by atoms with Gasteiger partial charge >= 0.3 is 0 Å². The molecule has 4 heteroatoms. The average molecular weight is 495 g/mol. The van der Waals surface area contributed by atoms with E-state index in [9.17, 15) is 0 Å². The van der Waals surface area contributed by atoms with Gasteiger partial charge in [-0.05, 0) is 84.9 Å². The predicted molar refractivity (Wildman–Crippen MR) is 157 cm³/mol. The molecule has 4 nitrogen and oxygen atoms in total. The zero-order chi connectivity index (χ0) is 26.7. The fourth-order valence-electron chi connectivity index (χ4n) is 4.81. The van der Waals surface area contributed by atoms with E-state index in [2.05, 4.69) is 72.2 Å². The normalized spacial score (nSPS) is 15.6. The first-order valence-corrected chi connectivity index (χ1v) is 13.8. The van der Waals surface area contributed by atoms with Crippen molar-refractivity contribution in [1.29, 1.82) is 0 Å². The summed E-state index contributed by atoms with van der Waals surface area (Å²) in [5.74, 6) is 2.32. The summed E-state index contributed by atoms with van der Waals surface area (Å²) in [6.07, 6.45) is 13.9. The van der Waals surface area contributed by atoms with Crippen LogP contribution in [0.4, 0.5) is 5.69 Å². The molecule has 200 valence electrons. The number of ether oxygens (including phenoxy) is 2. The van der Waals surface area contributed by atoms with E-state index in [0.717, 1.165) is 55.2 Å². The summed E-state index contributed by atoms with van der Waals surface area (Å²) in [5, 5.41) is 3.40. The molecule has 1 aliphatic rings. The van der Waals surface area contributed by atoms with Crippen LogP contribution < -0.4 is 15.8 Å². The van der Waals surface area contributed by atoms with Gasteiger partial charge in [0.1, 0.15) is 5.75 Å². The fraction of sp³-hybridized carbons (Fsp3) is 0.562. The van der Waals surface area contributed by atoms with Gasteiger partial charge in [0.25, 0.3) is 0 Å². The standard InChI is InChI=1S/C32H50N2O2/c1-9-24(6)30-28(25(7)18-27-16-13-17-35-21-27)19-29(31(26(8)33)32(30)34-10-2)36-20-23(5)15-12-11-14-22(3)4/h10,18-19,21-24,34H,2,8-9,11-17,20,33H2,1,3-7H3/b25-18+. The highest BCUT2D eigenvalue weighted by Gasteiger charge is 2.24. The molecule has 0 saturated carbocycles. The summed E-state index contributed by atoms with van der Waals surface area (Å²) in [5.41, 5.74) is 13.5. The van der Waals surface area contributed by atoms with Gasteiger partial charge in [0.15, 0.2) is 0 Å². The molecule has 36 heavy (non-hydrogen) atoms. The van der Waals surface area contributed by atoms with Crippen molar-refractivity contribution < 1.29 is 9.47 Å². The molecule has 2 atom stereocenters. The maximum Gasteiger partial charge on any atom is 0.131 e. The highest BCUT2D eigenvalue weighted by Crippen LogP contribution is 2.43. The smallest absolute Gasteiger partial charge is 0.131 e. The Morgan fingerprint density at radius 3 is 2.53 bits per heavy atom. The molecule has 0 radical (unpaired) electrons. The third kappa shape index (κ3) is 8.50. The van der Waals surface area contributed by atoms with E-state index in [0.29, 0.717) is 24.1 Å². The Balaban J connectivity index is 2.48. The molecule has 1 aromatic carbocycles. The van der Waals surface area contributed by atoms with Gasteiger partial charge in [-0.15, -0.1) is 0 Å². The number of nitrogens with two attached hydrogens (primary N) is 1. The molecule has 0 spiro atoms. The lowest BCUT2D eigenvalue weighted by molar-refractivity contribution is 0.227. The lowest BCUT2D eigenvalue weighted by atomic mass is 9.85. The minimum Gasteiger partial charge on any atom is -0.501 e. The van der Waals surface area contributed by atoms with Crippen molar-refractivity contribution in [2.45, 2.75) is 92.4 Å². The second kappa shape index (κ2) is 14.8. The minimum atomic E-state index is 0.314. The highest BCUT2D eigenvalue weighted by atomic mass is 16.5. The molecular weight excluding hydrogens is 444 g/mol. The number of hydrogen-bond donors (Lipinski definition) is 2. The van der Waals surface area contributed by atoms with E-state index in [1.54, 1.807) is 6.20 Å². The van der Waals surface area contributed by atoms with Gasteiger partial charge in [0.05, 0.1) is 30.7 Å². The largest absolute Gasteiger partial charge is 0.501 e. The Morgan fingerprint density at radius 1 is 1.22 bits per heavy atom. The van der Waals surface area contributed by atoms with Crippen molar-refractivity contribution in [2.24, 2.45) is 17.6 Å². The molecule has 1 aliphatic heterocycles. The Morgan fingerprint density at radius 2 is 1.94 bits per heavy atom. The number of anilines is 1. The van der Waals surface area contributed by atoms with Crippen LogP contribution in [0, 0.1) is 11.8 Å². The van der Waals surface area contributed by atoms with Crippen molar-refractivity contribution in [3.8, 4) is 5.75 Å². The zero-order valence-corrected chi connectivity index (χ0v) is 23.7. The Bertz CT molecular complexity index is 942. The summed E-state index contributed by atoms with van der Waals surface area (Å²) in [7, 11) is 0. The van der Waals surface area contributed by atoms with Gasteiger partial charge in [0, 0.05) is 5.70 Å². The maximum atomic E-state index is 6.49. The Hall–Kier alpha value is -2.62. The second-order valence-electron chi connectivity index (χ2n) is 10.9. The molecule has 3 N–H and O–H groups in total. The fourth-order valence-corrected chi connectivity index (χ4v) is 4.81. The van der Waals surface area contributed by atoms with Crippen LogP contribution in [-0.4, -0.2) is 13.2 Å². The van der Waals surface area contributed by atoms with E-state index in [1.807, 2.05) is 6.26 Å². The van der Waals surface area contributed by atoms with Crippen molar-refractivity contribution in [3.63, 3.8) is 0 Å². The van der Waals surface area contributed by atoms with Crippen LogP contribution in [0.5, 0.6) is 5.75 Å². The van der Waals surface area contributed by atoms with Crippen LogP contribution in [0.3, 0.4) is 0 Å². The molecule has 0 amide bonds. The van der Waals surface area contributed by atoms with Gasteiger partial charge in [0.2, 0.25) is 0 Å². The van der Waals surface area contributed by atoms with E-state index < -0.39 is 0 Å². The number of allylic oxidation sites excluding steroid dienone is 3. The van der Waals surface area contributed by atoms with Crippen LogP contribution in [0.15, 0.2) is 43.3 Å². The monoisotopic (exact) mass is 494 g/mol. The molecule has 0 bridgehead atoms. The molecule has 0 aliphatic carbocycles. The minimum absolute atomic E-state index is 0.314. The van der Waals surface area contributed by atoms with E-state index in [-0.39, 0.29) is 0 Å². The Kier molecular flexibility index (Phi) is 12.2. The molecular formula is C32H50N2O2. The first-order valence-electron chi connectivity index (χ1n) is 13.8. The number of nitrogens with one attached hydrogen (secondary N) is 1. The number of benzene rings is 1. The summed E-state index contributed by atoms with van der Waals surface area (Å²) < 4.78 is 12.1. The molecule has 0 saturated heterocycles. The summed E-state index contributed by atoms with van der Waals surface area (Å²) >= 11 is 0. The SMILES string of the molecule is C=CNc1c(C(=C)N)c(OCC(C)CCCCC(C)C)cc(/C(C)=C/C2=COCCC2)c1C(C)CC. The molecule has 0 aromatic heterocycles. The summed E-state index contributed by atoms with van der Waals surface area (Å²) in [6.45, 7) is 23.0. The molecule has 2 unspecified atom stereocenters. The van der Waals surface area contributed by atoms with Crippen molar-refractivity contribution in [2.75, 3.05) is 18.5 Å². The lowest BCUT2D eigenvalue weighted by Crippen LogP contribution is -2.14. The molecule has 1 heterocycles. The van der Waals surface area contributed by atoms with Crippen LogP contribution >= 0.6 is 0 Å². The number of hydrogen-bond acceptors (Lipinski definition) is 4. The third-order valence-electron chi connectivity index (χ3n) is 7.04. The van der Waals surface area contributed by atoms with E-state index in [1.165, 1.54) is 41.5 Å². The van der Waals surface area contributed by atoms with Crippen LogP contribution in [0.1, 0.15) is 109 Å². The van der Waals surface area contributed by atoms with Crippen molar-refractivity contribution in [1.82, 2.24) is 0 Å². The van der Waals surface area contributed by atoms with E-state index in [4.69, 9.17) is 15.2 Å². The Labute approximate surface area is 220 Å². The number of rotatable bonds is 15. The van der Waals surface area contributed by atoms with Crippen LogP contribution in [0.2, 0.25) is 0 Å². The first kappa shape index (κ1) is 29.6. The highest BCUT2D eigenvalue weighted by molar-refractivity contribution is 5.87. The van der Waals surface area contributed by atoms with Gasteiger partial charge in [-0.2, -0.15) is 0 Å². The van der Waals surface area contributed by atoms with Crippen LogP contribution in [0.25, 0.3) is 11.3 Å². The average Bonchev–Trinajstić information content (AvgIpc) is 2.84. The first-order chi connectivity index (χ1) is 17.2. The lowest BCUT2D eigenvalue weighted by Gasteiger charge is -2.26. The zero-order valence-electron chi connectivity index (χ0n) is 23.7. The van der Waals surface area contributed by atoms with Gasteiger partial charge in [-0.25, -0.2) is 0 Å². The maximum absolute atomic E-state index is 6.49. The van der Waals surface area contributed by atoms with Gasteiger partial charge < -0.3 is 20.5 Å². The van der Waals surface area contributed by atoms with Gasteiger partial charge in [-0.1, -0.05) is 73.1 Å². The third-order valence-corrected chi connectivity index (χ3v) is 7.04. The quantitative estimate of drug-likeness (QED) is 0.239. The summed E-state index contributed by atoms with van der Waals surface area (Å²) in [6, 6.07) is 2.17. The van der Waals surface area contributed by atoms with Crippen molar-refractivity contribution in [3.05, 3.63) is 60.0 Å². The van der Waals surface area contributed by atoms with Crippen molar-refractivity contribution >= 4 is 17.0 Å². The molecule has 0 fully saturated rings. The molecule has 1 aromatic rings. The van der Waals surface area contributed by atoms with E-state index >= 15 is 0 Å². The molecule has 2 rings (SSSR count). The van der Waals surface area contributed by atoms with Gasteiger partial charge in [-0.3, -0.25) is 0 Å². The topological polar surface area (TPSA) is 56.5 Å². The second-order valence-corrected chi connectivity index (χ2v) is 10.9. The summed E-state index contributed by atoms with van der Waals surface area (Å²) in [4.78, 5) is 0. The predicted octanol–water partition coefficient (Wildman–Crippen LogP) is 9.01.